The number of carboxylic acids is 3. The van der Waals surface area contributed by atoms with Crippen molar-refractivity contribution in [2.45, 2.75) is 174 Å². The molecule has 1 saturated heterocycles. The number of likely N-dealkylation sites (tertiary alicyclic amines) is 1. The maximum Gasteiger partial charge on any atom is 0.328 e. The van der Waals surface area contributed by atoms with Crippen LogP contribution < -0.4 is 53.6 Å². The first-order valence-corrected chi connectivity index (χ1v) is 26.2. The molecule has 0 aliphatic carbocycles. The maximum absolute atomic E-state index is 14.0. The molecule has 0 aromatic rings. The van der Waals surface area contributed by atoms with Crippen LogP contribution in [-0.4, -0.2) is 206 Å². The molecule has 0 spiro atoms. The maximum atomic E-state index is 14.0. The third-order valence-corrected chi connectivity index (χ3v) is 13.1. The number of carbonyl (C=O) groups is 13. The average Bonchev–Trinajstić information content (AvgIpc) is 3.91. The molecule has 30 nitrogen and oxygen atoms in total. The summed E-state index contributed by atoms with van der Waals surface area (Å²) in [6, 6.07) is -14.6. The zero-order chi connectivity index (χ0) is 60.4. The number of carbonyl (C=O) groups excluding carboxylic acids is 10. The van der Waals surface area contributed by atoms with Gasteiger partial charge in [-0.25, -0.2) is 4.79 Å². The van der Waals surface area contributed by atoms with Gasteiger partial charge in [-0.1, -0.05) is 68.2 Å². The zero-order valence-electron chi connectivity index (χ0n) is 46.0. The fourth-order valence-electron chi connectivity index (χ4n) is 8.00. The number of nitrogens with zero attached hydrogens (tertiary/aromatic N) is 1. The zero-order valence-corrected chi connectivity index (χ0v) is 46.0. The summed E-state index contributed by atoms with van der Waals surface area (Å²) in [5.41, 5.74) is 5.61. The van der Waals surface area contributed by atoms with E-state index < -0.39 is 207 Å². The van der Waals surface area contributed by atoms with Gasteiger partial charge in [0.15, 0.2) is 0 Å². The topological polar surface area (TPSA) is 481 Å². The van der Waals surface area contributed by atoms with Gasteiger partial charge in [-0.15, -0.1) is 0 Å². The number of aliphatic hydroxyl groups is 3. The third-order valence-electron chi connectivity index (χ3n) is 13.1. The summed E-state index contributed by atoms with van der Waals surface area (Å²) in [6.07, 6.45) is -1.49. The molecule has 0 aromatic heterocycles. The first kappa shape index (κ1) is 70.0. The number of amides is 10. The predicted molar refractivity (Wildman–Crippen MR) is 277 cm³/mol. The van der Waals surface area contributed by atoms with Crippen LogP contribution in [0.2, 0.25) is 0 Å². The van der Waals surface area contributed by atoms with Crippen LogP contribution >= 0.6 is 0 Å². The Morgan fingerprint density at radius 1 is 0.532 bits per heavy atom. The van der Waals surface area contributed by atoms with Gasteiger partial charge in [0, 0.05) is 19.4 Å². The molecule has 448 valence electrons. The molecule has 12 atom stereocenters. The van der Waals surface area contributed by atoms with E-state index in [4.69, 9.17) is 5.73 Å². The second-order valence-electron chi connectivity index (χ2n) is 20.2. The predicted octanol–water partition coefficient (Wildman–Crippen LogP) is -5.12. The number of hydrogen-bond donors (Lipinski definition) is 16. The van der Waals surface area contributed by atoms with E-state index in [0.29, 0.717) is 19.3 Å². The van der Waals surface area contributed by atoms with Gasteiger partial charge in [0.1, 0.15) is 60.4 Å². The Kier molecular flexibility index (Phi) is 30.8. The van der Waals surface area contributed by atoms with Crippen molar-refractivity contribution in [2.24, 2.45) is 29.4 Å². The molecule has 1 aliphatic heterocycles. The van der Waals surface area contributed by atoms with Crippen molar-refractivity contribution in [2.75, 3.05) is 32.9 Å². The van der Waals surface area contributed by atoms with Gasteiger partial charge < -0.3 is 89.1 Å². The summed E-state index contributed by atoms with van der Waals surface area (Å²) in [5.74, 6) is -15.7. The van der Waals surface area contributed by atoms with E-state index in [9.17, 15) is 93.0 Å². The van der Waals surface area contributed by atoms with Crippen LogP contribution in [0.15, 0.2) is 0 Å². The summed E-state index contributed by atoms with van der Waals surface area (Å²) in [5, 5.41) is 78.5. The number of nitrogens with two attached hydrogens (primary N) is 1. The molecule has 0 saturated carbocycles. The Morgan fingerprint density at radius 3 is 1.44 bits per heavy atom. The van der Waals surface area contributed by atoms with Crippen molar-refractivity contribution in [3.05, 3.63) is 0 Å². The Labute approximate surface area is 457 Å². The van der Waals surface area contributed by atoms with E-state index in [-0.39, 0.29) is 25.3 Å². The first-order valence-electron chi connectivity index (χ1n) is 26.2. The van der Waals surface area contributed by atoms with Crippen molar-refractivity contribution in [3.63, 3.8) is 0 Å². The van der Waals surface area contributed by atoms with E-state index in [1.54, 1.807) is 55.4 Å². The van der Waals surface area contributed by atoms with Gasteiger partial charge in [0.25, 0.3) is 0 Å². The summed E-state index contributed by atoms with van der Waals surface area (Å²) in [6.45, 7) is 9.82. The van der Waals surface area contributed by atoms with Crippen molar-refractivity contribution in [1.29, 1.82) is 0 Å². The highest BCUT2D eigenvalue weighted by Gasteiger charge is 2.41. The van der Waals surface area contributed by atoms with Crippen LogP contribution in [0.1, 0.15) is 113 Å². The fourth-order valence-corrected chi connectivity index (χ4v) is 8.00. The first-order chi connectivity index (χ1) is 37.0. The third kappa shape index (κ3) is 23.4. The molecule has 0 bridgehead atoms. The van der Waals surface area contributed by atoms with Crippen molar-refractivity contribution in [3.8, 4) is 0 Å². The molecule has 1 heterocycles. The minimum Gasteiger partial charge on any atom is -0.481 e. The van der Waals surface area contributed by atoms with Crippen molar-refractivity contribution >= 4 is 77.0 Å². The molecule has 1 rings (SSSR count). The molecule has 17 N–H and O–H groups in total. The van der Waals surface area contributed by atoms with Gasteiger partial charge in [-0.3, -0.25) is 57.5 Å². The normalized spacial score (nSPS) is 17.3. The van der Waals surface area contributed by atoms with E-state index in [0.717, 1.165) is 0 Å². The minimum atomic E-state index is -1.83. The Balaban J connectivity index is 3.29. The summed E-state index contributed by atoms with van der Waals surface area (Å²) in [7, 11) is 0. The molecule has 0 unspecified atom stereocenters. The molecule has 1 aliphatic rings. The van der Waals surface area contributed by atoms with Crippen molar-refractivity contribution < 1.29 is 93.0 Å². The van der Waals surface area contributed by atoms with Gasteiger partial charge in [-0.05, 0) is 55.8 Å². The van der Waals surface area contributed by atoms with E-state index in [1.165, 1.54) is 4.90 Å². The lowest BCUT2D eigenvalue weighted by atomic mass is 9.96. The monoisotopic (exact) mass is 1130 g/mol. The highest BCUT2D eigenvalue weighted by Crippen LogP contribution is 2.22. The lowest BCUT2D eigenvalue weighted by Crippen LogP contribution is -2.61. The SMILES string of the molecule is CC[C@H](C)[C@H](NC(=O)[C@@H](N)CO)C(=O)N[C@@H](CC(C)C)C(=O)N[C@@H](CO)C(=O)N[C@@H](CCC(=O)O)C(=O)N[C@@H](CCC(=O)O)C(=O)NCC(=O)N[C@H](C(=O)N1CCC[C@H]1C(=O)N[C@H](C(=O)N[C@@H](CO)C(=O)O)[C@@H](C)CC)C(C)C. The summed E-state index contributed by atoms with van der Waals surface area (Å²) in [4.78, 5) is 171. The van der Waals surface area contributed by atoms with Crippen LogP contribution in [-0.2, 0) is 62.3 Å². The van der Waals surface area contributed by atoms with E-state index >= 15 is 0 Å². The molecule has 0 aromatic carbocycles. The largest absolute Gasteiger partial charge is 0.481 e. The van der Waals surface area contributed by atoms with Gasteiger partial charge in [0.05, 0.1) is 26.4 Å². The molecule has 79 heavy (non-hydrogen) atoms. The number of rotatable bonds is 36. The van der Waals surface area contributed by atoms with Crippen LogP contribution in [0.25, 0.3) is 0 Å². The molecular formula is C49H83N11O19. The highest BCUT2D eigenvalue weighted by molar-refractivity contribution is 5.99. The Morgan fingerprint density at radius 2 is 0.987 bits per heavy atom. The average molecular weight is 1130 g/mol. The van der Waals surface area contributed by atoms with E-state index in [1.807, 2.05) is 0 Å². The van der Waals surface area contributed by atoms with Crippen LogP contribution in [0.4, 0.5) is 0 Å². The lowest BCUT2D eigenvalue weighted by Gasteiger charge is -2.32. The second-order valence-corrected chi connectivity index (χ2v) is 20.2. The van der Waals surface area contributed by atoms with E-state index in [2.05, 4.69) is 47.9 Å². The number of hydrogen-bond acceptors (Lipinski definition) is 17. The van der Waals surface area contributed by atoms with Gasteiger partial charge in [0.2, 0.25) is 59.1 Å². The molecule has 0 radical (unpaired) electrons. The van der Waals surface area contributed by atoms with Crippen LogP contribution in [0.5, 0.6) is 0 Å². The standard InChI is InChI=1S/C49H83N11O19/c1-9-25(7)38(58-40(69)27(50)20-61)46(75)54-30(18-23(3)4)43(72)55-31(21-62)44(73)53-29(14-16-36(67)68)42(71)52-28(13-15-35(65)66)41(70)51-19-34(64)57-37(24(5)6)48(77)60-17-11-12-33(60)45(74)59-39(26(8)10-2)47(76)56-32(22-63)49(78)79/h23-33,37-39,61-63H,9-22,50H2,1-8H3,(H,51,70)(H,52,71)(H,53,73)(H,54,75)(H,55,72)(H,56,76)(H,57,64)(H,58,69)(H,59,74)(H,65,66)(H,67,68)(H,78,79)/t25-,26-,27-,28-,29-,30-,31-,32-,33-,37-,38-,39-/m0/s1. The van der Waals surface area contributed by atoms with Gasteiger partial charge >= 0.3 is 17.9 Å². The molecule has 1 fully saturated rings. The van der Waals surface area contributed by atoms with Crippen LogP contribution in [0.3, 0.4) is 0 Å². The van der Waals surface area contributed by atoms with Crippen molar-refractivity contribution in [1.82, 2.24) is 52.8 Å². The smallest absolute Gasteiger partial charge is 0.328 e. The number of aliphatic hydroxyl groups excluding tert-OH is 3. The molecule has 10 amide bonds. The highest BCUT2D eigenvalue weighted by atomic mass is 16.4. The number of carboxylic acid groups (broad SMARTS) is 3. The Hall–Kier alpha value is -7.05. The number of nitrogens with one attached hydrogen (secondary N) is 9. The number of aliphatic carboxylic acids is 3. The Bertz CT molecular complexity index is 2150. The summed E-state index contributed by atoms with van der Waals surface area (Å²) >= 11 is 0. The molecule has 30 heteroatoms. The molecular weight excluding hydrogens is 1050 g/mol. The van der Waals surface area contributed by atoms with Gasteiger partial charge in [-0.2, -0.15) is 0 Å². The lowest BCUT2D eigenvalue weighted by molar-refractivity contribution is -0.145. The second kappa shape index (κ2) is 34.8. The minimum absolute atomic E-state index is 0.0209. The fraction of sp³-hybridized carbons (Fsp3) is 0.735. The van der Waals surface area contributed by atoms with Crippen LogP contribution in [0, 0.1) is 23.7 Å². The summed E-state index contributed by atoms with van der Waals surface area (Å²) < 4.78 is 0. The quantitative estimate of drug-likeness (QED) is 0.0279.